The van der Waals surface area contributed by atoms with Gasteiger partial charge in [-0.2, -0.15) is 0 Å². The Kier molecular flexibility index (Phi) is 4.49. The highest BCUT2D eigenvalue weighted by Gasteiger charge is 2.33. The van der Waals surface area contributed by atoms with Crippen LogP contribution in [0.25, 0.3) is 6.08 Å². The van der Waals surface area contributed by atoms with E-state index in [1.54, 1.807) is 18.2 Å². The van der Waals surface area contributed by atoms with Crippen LogP contribution in [0.2, 0.25) is 0 Å². The first-order valence-corrected chi connectivity index (χ1v) is 9.11. The zero-order valence-corrected chi connectivity index (χ0v) is 14.9. The first-order valence-electron chi connectivity index (χ1n) is 9.11. The van der Waals surface area contributed by atoms with Gasteiger partial charge in [0.25, 0.3) is 0 Å². The van der Waals surface area contributed by atoms with Crippen molar-refractivity contribution < 1.29 is 24.4 Å². The molecule has 2 aliphatic rings. The number of piperazine rings is 1. The summed E-state index contributed by atoms with van der Waals surface area (Å²) < 4.78 is 5.93. The predicted molar refractivity (Wildman–Crippen MR) is 98.5 cm³/mol. The largest absolute Gasteiger partial charge is 0.507 e. The van der Waals surface area contributed by atoms with Crippen molar-refractivity contribution in [3.63, 3.8) is 0 Å². The highest BCUT2D eigenvalue weighted by Crippen LogP contribution is 2.39. The number of carbonyl (C=O) groups excluding carboxylic acids is 1. The van der Waals surface area contributed by atoms with Crippen LogP contribution in [0.1, 0.15) is 21.5 Å². The Morgan fingerprint density at radius 1 is 1.08 bits per heavy atom. The van der Waals surface area contributed by atoms with Crippen molar-refractivity contribution in [3.05, 3.63) is 64.9 Å². The van der Waals surface area contributed by atoms with Crippen molar-refractivity contribution in [2.45, 2.75) is 6.54 Å². The highest BCUT2D eigenvalue weighted by molar-refractivity contribution is 6.14. The molecule has 5 heteroatoms. The van der Waals surface area contributed by atoms with Crippen molar-refractivity contribution >= 4 is 11.9 Å². The maximum atomic E-state index is 12.7. The van der Waals surface area contributed by atoms with Gasteiger partial charge in [0.05, 0.1) is 18.2 Å². The molecule has 0 radical (unpaired) electrons. The third kappa shape index (κ3) is 3.23. The van der Waals surface area contributed by atoms with Crippen LogP contribution in [0.4, 0.5) is 0 Å². The van der Waals surface area contributed by atoms with Gasteiger partial charge in [-0.3, -0.25) is 4.79 Å². The van der Waals surface area contributed by atoms with E-state index in [0.717, 1.165) is 37.3 Å². The third-order valence-electron chi connectivity index (χ3n) is 5.25. The fourth-order valence-electron chi connectivity index (χ4n) is 3.63. The Morgan fingerprint density at radius 3 is 2.54 bits per heavy atom. The maximum absolute atomic E-state index is 12.7. The molecule has 0 spiro atoms. The zero-order chi connectivity index (χ0) is 18.1. The average Bonchev–Trinajstić information content (AvgIpc) is 2.96. The second kappa shape index (κ2) is 6.94. The molecule has 0 unspecified atom stereocenters. The van der Waals surface area contributed by atoms with Gasteiger partial charge in [-0.25, -0.2) is 0 Å². The number of carbonyl (C=O) groups is 1. The number of quaternary nitrogens is 2. The lowest BCUT2D eigenvalue weighted by molar-refractivity contribution is -1.01. The van der Waals surface area contributed by atoms with Crippen molar-refractivity contribution in [2.24, 2.45) is 0 Å². The van der Waals surface area contributed by atoms with Crippen LogP contribution in [0.5, 0.6) is 11.5 Å². The molecule has 2 aromatic carbocycles. The molecule has 0 bridgehead atoms. The van der Waals surface area contributed by atoms with Crippen LogP contribution < -0.4 is 14.5 Å². The van der Waals surface area contributed by atoms with Gasteiger partial charge in [0.2, 0.25) is 5.78 Å². The molecule has 1 fully saturated rings. The van der Waals surface area contributed by atoms with Gasteiger partial charge in [0, 0.05) is 0 Å². The van der Waals surface area contributed by atoms with E-state index in [2.05, 4.69) is 7.05 Å². The van der Waals surface area contributed by atoms with Crippen molar-refractivity contribution in [2.75, 3.05) is 33.2 Å². The van der Waals surface area contributed by atoms with E-state index in [1.807, 2.05) is 30.3 Å². The predicted octanol–water partition coefficient (Wildman–Crippen LogP) is -0.0784. The Bertz CT molecular complexity index is 853. The van der Waals surface area contributed by atoms with Crippen LogP contribution in [-0.4, -0.2) is 44.1 Å². The lowest BCUT2D eigenvalue weighted by Crippen LogP contribution is -3.26. The Morgan fingerprint density at radius 2 is 1.81 bits per heavy atom. The number of allylic oxidation sites excluding steroid dienone is 1. The summed E-state index contributed by atoms with van der Waals surface area (Å²) in [6, 6.07) is 12.9. The molecule has 1 saturated heterocycles. The van der Waals surface area contributed by atoms with Crippen LogP contribution in [0.3, 0.4) is 0 Å². The molecule has 0 saturated carbocycles. The quantitative estimate of drug-likeness (QED) is 0.678. The number of nitrogens with one attached hydrogen (secondary N) is 2. The first-order chi connectivity index (χ1) is 12.6. The summed E-state index contributed by atoms with van der Waals surface area (Å²) in [6.45, 7) is 5.01. The maximum Gasteiger partial charge on any atom is 0.231 e. The third-order valence-corrected chi connectivity index (χ3v) is 5.25. The van der Waals surface area contributed by atoms with Gasteiger partial charge >= 0.3 is 0 Å². The van der Waals surface area contributed by atoms with Crippen LogP contribution in [-0.2, 0) is 6.54 Å². The summed E-state index contributed by atoms with van der Waals surface area (Å²) in [5, 5.41) is 10.4. The molecule has 5 nitrogen and oxygen atoms in total. The summed E-state index contributed by atoms with van der Waals surface area (Å²) in [4.78, 5) is 15.7. The number of phenols is 1. The number of ether oxygens (including phenoxy) is 1. The SMILES string of the molecule is C[NH+]1CC[NH+](Cc2c(O)ccc3c2O/C(=C\c2ccccc2)C3=O)CC1. The number of hydrogen-bond acceptors (Lipinski definition) is 3. The fourth-order valence-corrected chi connectivity index (χ4v) is 3.63. The number of rotatable bonds is 3. The van der Waals surface area contributed by atoms with Crippen molar-refractivity contribution in [3.8, 4) is 11.5 Å². The molecule has 4 rings (SSSR count). The highest BCUT2D eigenvalue weighted by atomic mass is 16.5. The normalized spacial score (nSPS) is 23.7. The smallest absolute Gasteiger partial charge is 0.231 e. The lowest BCUT2D eigenvalue weighted by Gasteiger charge is -2.27. The van der Waals surface area contributed by atoms with Crippen molar-refractivity contribution in [1.29, 1.82) is 0 Å². The number of ketones is 1. The number of phenolic OH excluding ortho intramolecular Hbond substituents is 1. The molecule has 0 aromatic heterocycles. The van der Waals surface area contributed by atoms with E-state index in [4.69, 9.17) is 4.74 Å². The summed E-state index contributed by atoms with van der Waals surface area (Å²) in [7, 11) is 2.21. The van der Waals surface area contributed by atoms with Crippen molar-refractivity contribution in [1.82, 2.24) is 0 Å². The summed E-state index contributed by atoms with van der Waals surface area (Å²) in [5.74, 6) is 0.922. The molecular weight excluding hydrogens is 328 g/mol. The van der Waals surface area contributed by atoms with Gasteiger partial charge in [-0.05, 0) is 23.8 Å². The molecule has 3 N–H and O–H groups in total. The Balaban J connectivity index is 1.62. The van der Waals surface area contributed by atoms with Gasteiger partial charge in [0.1, 0.15) is 38.5 Å². The van der Waals surface area contributed by atoms with E-state index >= 15 is 0 Å². The molecule has 0 amide bonds. The van der Waals surface area contributed by atoms with E-state index in [9.17, 15) is 9.90 Å². The van der Waals surface area contributed by atoms with Crippen LogP contribution in [0, 0.1) is 0 Å². The van der Waals surface area contributed by atoms with Crippen LogP contribution in [0.15, 0.2) is 48.2 Å². The molecule has 0 atom stereocenters. The molecule has 0 aliphatic carbocycles. The molecule has 134 valence electrons. The molecule has 2 aliphatic heterocycles. The van der Waals surface area contributed by atoms with E-state index < -0.39 is 0 Å². The first kappa shape index (κ1) is 16.8. The lowest BCUT2D eigenvalue weighted by atomic mass is 10.0. The molecule has 26 heavy (non-hydrogen) atoms. The number of Topliss-reactive ketones (excluding diaryl/α,β-unsaturated/α-hetero) is 1. The van der Waals surface area contributed by atoms with Gasteiger partial charge < -0.3 is 19.6 Å². The second-order valence-corrected chi connectivity index (χ2v) is 7.17. The molecule has 2 heterocycles. The molecule has 2 aromatic rings. The minimum absolute atomic E-state index is 0.122. The monoisotopic (exact) mass is 352 g/mol. The topological polar surface area (TPSA) is 55.4 Å². The second-order valence-electron chi connectivity index (χ2n) is 7.17. The number of hydrogen-bond donors (Lipinski definition) is 3. The van der Waals surface area contributed by atoms with Gasteiger partial charge in [-0.15, -0.1) is 0 Å². The number of likely N-dealkylation sites (N-methyl/N-ethyl adjacent to an activating group) is 1. The van der Waals surface area contributed by atoms with Crippen LogP contribution >= 0.6 is 0 Å². The number of aromatic hydroxyl groups is 1. The molecular formula is C21H24N2O3+2. The standard InChI is InChI=1S/C21H22N2O3/c1-22-9-11-23(12-10-22)14-17-18(24)8-7-16-20(25)19(26-21(16)17)13-15-5-3-2-4-6-15/h2-8,13,24H,9-12,14H2,1H3/p+2/b19-13-. The average molecular weight is 352 g/mol. The minimum Gasteiger partial charge on any atom is -0.507 e. The summed E-state index contributed by atoms with van der Waals surface area (Å²) in [5.41, 5.74) is 2.20. The number of fused-ring (bicyclic) bond motifs is 1. The Labute approximate surface area is 153 Å². The summed E-state index contributed by atoms with van der Waals surface area (Å²) in [6.07, 6.45) is 1.76. The van der Waals surface area contributed by atoms with E-state index in [-0.39, 0.29) is 11.5 Å². The summed E-state index contributed by atoms with van der Waals surface area (Å²) >= 11 is 0. The number of benzene rings is 2. The Hall–Kier alpha value is -2.63. The van der Waals surface area contributed by atoms with Gasteiger partial charge in [0.15, 0.2) is 11.5 Å². The van der Waals surface area contributed by atoms with Gasteiger partial charge in [-0.1, -0.05) is 30.3 Å². The van der Waals surface area contributed by atoms with E-state index in [1.165, 1.54) is 9.80 Å². The zero-order valence-electron chi connectivity index (χ0n) is 14.9. The fraction of sp³-hybridized carbons (Fsp3) is 0.286. The minimum atomic E-state index is -0.122. The van der Waals surface area contributed by atoms with E-state index in [0.29, 0.717) is 23.6 Å².